The van der Waals surface area contributed by atoms with E-state index in [0.717, 1.165) is 67.0 Å². The highest BCUT2D eigenvalue weighted by molar-refractivity contribution is 6.10. The van der Waals surface area contributed by atoms with E-state index in [1.165, 1.54) is 55.6 Å². The van der Waals surface area contributed by atoms with Crippen LogP contribution in [0.4, 0.5) is 10.5 Å². The van der Waals surface area contributed by atoms with Gasteiger partial charge in [0, 0.05) is 25.1 Å². The van der Waals surface area contributed by atoms with Crippen molar-refractivity contribution in [1.29, 1.82) is 0 Å². The van der Waals surface area contributed by atoms with Crippen LogP contribution in [0.15, 0.2) is 58.5 Å². The lowest BCUT2D eigenvalue weighted by Crippen LogP contribution is -2.51. The quantitative estimate of drug-likeness (QED) is 0.0476. The van der Waals surface area contributed by atoms with E-state index in [9.17, 15) is 39.3 Å². The van der Waals surface area contributed by atoms with E-state index in [1.807, 2.05) is 0 Å². The summed E-state index contributed by atoms with van der Waals surface area (Å²) < 4.78 is 18.0. The number of hydrogen-bond acceptors (Lipinski definition) is 11. The second kappa shape index (κ2) is 20.0. The molecule has 7 rings (SSSR count). The van der Waals surface area contributed by atoms with Gasteiger partial charge in [-0.25, -0.2) is 19.2 Å². The van der Waals surface area contributed by atoms with E-state index in [1.54, 1.807) is 24.3 Å². The molecule has 352 valence electrons. The monoisotopic (exact) mass is 899 g/mol. The second-order valence-electron chi connectivity index (χ2n) is 19.7. The Morgan fingerprint density at radius 1 is 0.785 bits per heavy atom. The molecule has 2 amide bonds. The maximum atomic E-state index is 13.1. The van der Waals surface area contributed by atoms with Crippen molar-refractivity contribution in [2.45, 2.75) is 118 Å². The third-order valence-electron chi connectivity index (χ3n) is 15.5. The summed E-state index contributed by atoms with van der Waals surface area (Å²) >= 11 is 0. The number of carbonyl (C=O) groups is 5. The number of allylic oxidation sites excluding steroid dienone is 1. The highest BCUT2D eigenvalue weighted by Crippen LogP contribution is 2.67. The van der Waals surface area contributed by atoms with Gasteiger partial charge in [-0.05, 0) is 126 Å². The number of aromatic carboxylic acids is 3. The number of rotatable bonds is 20. The zero-order valence-corrected chi connectivity index (χ0v) is 38.2. The lowest BCUT2D eigenvalue weighted by Gasteiger charge is -2.58. The number of alkyl carbamates (subject to hydrolysis) is 1. The van der Waals surface area contributed by atoms with Crippen molar-refractivity contribution in [1.82, 2.24) is 10.6 Å². The topological polar surface area (TPSA) is 226 Å². The molecule has 0 saturated heterocycles. The average Bonchev–Trinajstić information content (AvgIpc) is 4.06. The predicted molar refractivity (Wildman–Crippen MR) is 239 cm³/mol. The minimum absolute atomic E-state index is 0.0508. The third kappa shape index (κ3) is 10.5. The van der Waals surface area contributed by atoms with E-state index < -0.39 is 58.5 Å². The van der Waals surface area contributed by atoms with Crippen LogP contribution in [-0.2, 0) is 14.2 Å². The van der Waals surface area contributed by atoms with E-state index in [2.05, 4.69) is 61.8 Å². The first-order chi connectivity index (χ1) is 31.0. The Labute approximate surface area is 380 Å². The third-order valence-corrected chi connectivity index (χ3v) is 15.5. The second-order valence-corrected chi connectivity index (χ2v) is 19.7. The zero-order valence-electron chi connectivity index (χ0n) is 38.2. The first-order valence-corrected chi connectivity index (χ1v) is 23.3. The summed E-state index contributed by atoms with van der Waals surface area (Å²) in [7, 11) is 0. The molecule has 0 bridgehead atoms. The summed E-state index contributed by atoms with van der Waals surface area (Å²) in [5.74, 6) is -1.26. The molecule has 1 unspecified atom stereocenters. The number of amides is 2. The largest absolute Gasteiger partial charge is 0.478 e. The number of fused-ring (bicyclic) bond motifs is 5. The van der Waals surface area contributed by atoms with Crippen molar-refractivity contribution in [3.05, 3.63) is 75.9 Å². The molecule has 0 aromatic heterocycles. The van der Waals surface area contributed by atoms with Crippen molar-refractivity contribution in [2.75, 3.05) is 31.4 Å². The van der Waals surface area contributed by atoms with E-state index in [0.29, 0.717) is 23.0 Å². The van der Waals surface area contributed by atoms with Crippen molar-refractivity contribution in [3.8, 4) is 0 Å². The fourth-order valence-corrected chi connectivity index (χ4v) is 12.1. The molecular formula is C49H65N5O11. The van der Waals surface area contributed by atoms with Crippen molar-refractivity contribution < 1.29 is 53.5 Å². The van der Waals surface area contributed by atoms with E-state index in [4.69, 9.17) is 14.2 Å². The molecule has 3 saturated carbocycles. The van der Waals surface area contributed by atoms with Crippen LogP contribution in [0.5, 0.6) is 0 Å². The van der Waals surface area contributed by atoms with E-state index >= 15 is 0 Å². The molecule has 5 N–H and O–H groups in total. The summed E-state index contributed by atoms with van der Waals surface area (Å²) in [4.78, 5) is 61.3. The maximum Gasteiger partial charge on any atom is 0.407 e. The fraction of sp³-hybridized carbons (Fsp3) is 0.612. The molecule has 16 nitrogen and oxygen atoms in total. The Bertz CT molecular complexity index is 2170. The number of carboxylic acid groups (broad SMARTS) is 3. The Kier molecular flexibility index (Phi) is 14.7. The highest BCUT2D eigenvalue weighted by atomic mass is 16.7. The molecule has 9 atom stereocenters. The highest BCUT2D eigenvalue weighted by Gasteiger charge is 2.59. The first kappa shape index (κ1) is 47.6. The molecule has 3 fully saturated rings. The SMILES string of the molecule is CC(C)CCC[C@@H](C)[C@H]1CC[C@H]2[C@@H]3CC=C4C[C@@H](OC(=O)NCCOC(OCCNC(=O)c5cc(C(=O)O)c(C(=O)O)cc5C(=O)O)c5ccc(N6N=N6)cc5)CC[C@]4(C)[C@H]3CC[C@]12C. The average molecular weight is 900 g/mol. The molecule has 65 heavy (non-hydrogen) atoms. The number of nitrogens with zero attached hydrogens (tertiary/aromatic N) is 3. The fourth-order valence-electron chi connectivity index (χ4n) is 12.1. The van der Waals surface area contributed by atoms with Crippen molar-refractivity contribution in [3.63, 3.8) is 0 Å². The lowest BCUT2D eigenvalue weighted by molar-refractivity contribution is -0.144. The number of carbonyl (C=O) groups excluding carboxylic acids is 2. The summed E-state index contributed by atoms with van der Waals surface area (Å²) in [6, 6.07) is 8.42. The molecule has 1 aliphatic heterocycles. The zero-order chi connectivity index (χ0) is 46.6. The normalized spacial score (nSPS) is 27.4. The van der Waals surface area contributed by atoms with Gasteiger partial charge in [0.15, 0.2) is 6.29 Å². The molecule has 4 aliphatic carbocycles. The van der Waals surface area contributed by atoms with E-state index in [-0.39, 0.29) is 37.8 Å². The van der Waals surface area contributed by atoms with Gasteiger partial charge in [0.05, 0.1) is 41.2 Å². The first-order valence-electron chi connectivity index (χ1n) is 23.3. The molecular weight excluding hydrogens is 835 g/mol. The number of hydrogen-bond donors (Lipinski definition) is 5. The van der Waals surface area contributed by atoms with Gasteiger partial charge < -0.3 is 40.2 Å². The Balaban J connectivity index is 0.894. The molecule has 16 heteroatoms. The standard InChI is InChI=1S/C49H65N5O11/c1-28(2)7-6-8-29(3)39-15-16-40-34-14-11-31-25-33(17-19-48(31,4)41(34)18-20-49(39,40)5)65-47(62)51-22-24-64-46(30-9-12-32(13-10-30)54-52-53-54)63-23-21-50-42(55)35-26-37(44(58)59)38(45(60)61)27-36(35)43(56)57/h9-13,26-29,33-34,39-41,46H,6-8,14-25H2,1-5H3,(H,50,55)(H,51,62)(H,56,57)(H,58,59)(H,60,61)/t29-,33+,34+,39-,40+,41+,46?,48+,49-/m1/s1. The molecule has 2 aromatic carbocycles. The smallest absolute Gasteiger partial charge is 0.407 e. The Morgan fingerprint density at radius 3 is 2.05 bits per heavy atom. The Hall–Kier alpha value is -5.35. The molecule has 2 aromatic rings. The molecule has 0 radical (unpaired) electrons. The van der Waals surface area contributed by atoms with Crippen molar-refractivity contribution >= 4 is 35.6 Å². The van der Waals surface area contributed by atoms with Gasteiger partial charge in [-0.2, -0.15) is 0 Å². The van der Waals surface area contributed by atoms with Gasteiger partial charge in [-0.3, -0.25) is 4.79 Å². The predicted octanol–water partition coefficient (Wildman–Crippen LogP) is 9.48. The number of benzene rings is 2. The van der Waals surface area contributed by atoms with Gasteiger partial charge >= 0.3 is 24.0 Å². The minimum atomic E-state index is -1.65. The summed E-state index contributed by atoms with van der Waals surface area (Å²) in [5, 5.41) is 42.9. The summed E-state index contributed by atoms with van der Waals surface area (Å²) in [5.41, 5.74) is 0.685. The van der Waals surface area contributed by atoms with Gasteiger partial charge in [0.2, 0.25) is 0 Å². The van der Waals surface area contributed by atoms with Crippen LogP contribution < -0.4 is 15.8 Å². The lowest BCUT2D eigenvalue weighted by atomic mass is 9.47. The van der Waals surface area contributed by atoms with Crippen LogP contribution in [0.25, 0.3) is 0 Å². The number of nitrogens with one attached hydrogen (secondary N) is 2. The summed E-state index contributed by atoms with van der Waals surface area (Å²) in [6.07, 6.45) is 13.9. The van der Waals surface area contributed by atoms with Gasteiger partial charge in [-0.1, -0.05) is 77.7 Å². The Morgan fingerprint density at radius 2 is 1.42 bits per heavy atom. The van der Waals surface area contributed by atoms with Crippen LogP contribution >= 0.6 is 0 Å². The van der Waals surface area contributed by atoms with Crippen molar-refractivity contribution in [2.24, 2.45) is 56.8 Å². The summed E-state index contributed by atoms with van der Waals surface area (Å²) in [6.45, 7) is 12.2. The van der Waals surface area contributed by atoms with Crippen LogP contribution in [-0.4, -0.2) is 77.6 Å². The number of carboxylic acids is 3. The van der Waals surface area contributed by atoms with Gasteiger partial charge in [0.1, 0.15) is 6.10 Å². The van der Waals surface area contributed by atoms with Crippen LogP contribution in [0.3, 0.4) is 0 Å². The van der Waals surface area contributed by atoms with Gasteiger partial charge in [0.25, 0.3) is 5.91 Å². The molecule has 5 aliphatic rings. The number of ether oxygens (including phenoxy) is 3. The molecule has 0 spiro atoms. The molecule has 1 heterocycles. The van der Waals surface area contributed by atoms with Gasteiger partial charge in [-0.15, -0.1) is 5.12 Å². The van der Waals surface area contributed by atoms with Crippen LogP contribution in [0.1, 0.15) is 159 Å². The minimum Gasteiger partial charge on any atom is -0.478 e. The maximum absolute atomic E-state index is 13.1. The van der Waals surface area contributed by atoms with Crippen LogP contribution in [0, 0.1) is 46.3 Å². The number of anilines is 1. The van der Waals surface area contributed by atoms with Crippen LogP contribution in [0.2, 0.25) is 0 Å².